The third-order valence-electron chi connectivity index (χ3n) is 8.19. The summed E-state index contributed by atoms with van der Waals surface area (Å²) in [6.07, 6.45) is 17.6. The van der Waals surface area contributed by atoms with Gasteiger partial charge >= 0.3 is 11.9 Å². The molecule has 0 aromatic carbocycles. The Labute approximate surface area is 305 Å². The van der Waals surface area contributed by atoms with E-state index in [0.717, 1.165) is 38.5 Å². The van der Waals surface area contributed by atoms with Crippen LogP contribution in [0.3, 0.4) is 0 Å². The molecule has 13 heteroatoms. The summed E-state index contributed by atoms with van der Waals surface area (Å²) >= 11 is 0. The highest BCUT2D eigenvalue weighted by Crippen LogP contribution is 2.14. The van der Waals surface area contributed by atoms with Crippen LogP contribution in [0.15, 0.2) is 0 Å². The molecule has 0 aromatic rings. The topological polar surface area (TPSA) is 192 Å². The van der Waals surface area contributed by atoms with Crippen molar-refractivity contribution in [2.24, 2.45) is 0 Å². The molecule has 1 unspecified atom stereocenters. The van der Waals surface area contributed by atoms with E-state index in [1.54, 1.807) is 0 Å². The number of aliphatic carboxylic acids is 2. The molecule has 0 saturated carbocycles. The first-order valence-electron chi connectivity index (χ1n) is 19.2. The van der Waals surface area contributed by atoms with Crippen molar-refractivity contribution in [3.8, 4) is 0 Å². The normalized spacial score (nSPS) is 11.7. The van der Waals surface area contributed by atoms with Crippen LogP contribution in [0, 0.1) is 0 Å². The van der Waals surface area contributed by atoms with E-state index in [2.05, 4.69) is 5.32 Å². The molecule has 0 aromatic heterocycles. The summed E-state index contributed by atoms with van der Waals surface area (Å²) in [6.45, 7) is 3.54. The van der Waals surface area contributed by atoms with Gasteiger partial charge in [0.1, 0.15) is 25.0 Å². The SMILES string of the molecule is CC(=O)COCCOCCCC(=O)COCCOCCCC(=O)CCC(NC(=O)CCCCCCCCCCCCCCCCC(=O)O)C(=O)O. The van der Waals surface area contributed by atoms with Crippen molar-refractivity contribution in [1.82, 2.24) is 5.32 Å². The number of carbonyl (C=O) groups is 6. The number of carbonyl (C=O) groups excluding carboxylic acids is 4. The standard InChI is InChI=1S/C38H67NO12/c1-32(40)30-50-28-26-49-25-17-19-34(42)31-51-29-27-48-24-16-18-33(41)22-23-35(38(46)47)39-36(43)20-14-12-10-8-6-4-2-3-5-7-9-11-13-15-21-37(44)45/h35H,2-31H2,1H3,(H,39,43)(H,44,45)(H,46,47). The van der Waals surface area contributed by atoms with Crippen LogP contribution in [-0.2, 0) is 47.7 Å². The first-order chi connectivity index (χ1) is 24.6. The molecule has 0 saturated heterocycles. The molecule has 3 N–H and O–H groups in total. The average molecular weight is 730 g/mol. The Morgan fingerprint density at radius 1 is 0.471 bits per heavy atom. The predicted octanol–water partition coefficient (Wildman–Crippen LogP) is 6.02. The van der Waals surface area contributed by atoms with Crippen molar-refractivity contribution >= 4 is 35.2 Å². The molecule has 0 rings (SSSR count). The number of ether oxygens (including phenoxy) is 4. The summed E-state index contributed by atoms with van der Waals surface area (Å²) in [5.74, 6) is -2.31. The summed E-state index contributed by atoms with van der Waals surface area (Å²) in [5.41, 5.74) is 0. The Morgan fingerprint density at radius 3 is 1.37 bits per heavy atom. The molecule has 0 spiro atoms. The Morgan fingerprint density at radius 2 is 0.902 bits per heavy atom. The van der Waals surface area contributed by atoms with Crippen molar-refractivity contribution < 1.29 is 57.9 Å². The number of ketones is 3. The van der Waals surface area contributed by atoms with Crippen molar-refractivity contribution in [1.29, 1.82) is 0 Å². The highest BCUT2D eigenvalue weighted by molar-refractivity contribution is 5.84. The Hall–Kier alpha value is -2.74. The van der Waals surface area contributed by atoms with Crippen molar-refractivity contribution in [2.45, 2.75) is 154 Å². The molecule has 0 fully saturated rings. The smallest absolute Gasteiger partial charge is 0.326 e. The molecular formula is C38H67NO12. The monoisotopic (exact) mass is 729 g/mol. The first kappa shape index (κ1) is 48.3. The quantitative estimate of drug-likeness (QED) is 0.0623. The molecule has 0 aliphatic rings. The molecule has 296 valence electrons. The second kappa shape index (κ2) is 35.7. The number of Topliss-reactive ketones (excluding diaryl/α,β-unsaturated/α-hetero) is 3. The number of unbranched alkanes of at least 4 members (excludes halogenated alkanes) is 13. The van der Waals surface area contributed by atoms with Gasteiger partial charge in [-0.1, -0.05) is 77.0 Å². The summed E-state index contributed by atoms with van der Waals surface area (Å²) in [4.78, 5) is 69.2. The van der Waals surface area contributed by atoms with Crippen molar-refractivity contribution in [3.05, 3.63) is 0 Å². The van der Waals surface area contributed by atoms with Crippen LogP contribution in [0.2, 0.25) is 0 Å². The van der Waals surface area contributed by atoms with E-state index in [-0.39, 0.29) is 75.2 Å². The summed E-state index contributed by atoms with van der Waals surface area (Å²) in [5, 5.41) is 20.7. The minimum atomic E-state index is -1.14. The average Bonchev–Trinajstić information content (AvgIpc) is 3.08. The Kier molecular flexibility index (Phi) is 33.7. The number of rotatable bonds is 40. The lowest BCUT2D eigenvalue weighted by atomic mass is 10.0. The predicted molar refractivity (Wildman–Crippen MR) is 193 cm³/mol. The van der Waals surface area contributed by atoms with E-state index in [1.165, 1.54) is 51.9 Å². The lowest BCUT2D eigenvalue weighted by molar-refractivity contribution is -0.142. The molecule has 51 heavy (non-hydrogen) atoms. The zero-order chi connectivity index (χ0) is 37.8. The van der Waals surface area contributed by atoms with E-state index in [4.69, 9.17) is 24.1 Å². The van der Waals surface area contributed by atoms with Gasteiger partial charge in [0.15, 0.2) is 11.6 Å². The van der Waals surface area contributed by atoms with Gasteiger partial charge in [-0.2, -0.15) is 0 Å². The van der Waals surface area contributed by atoms with Crippen LogP contribution in [0.5, 0.6) is 0 Å². The van der Waals surface area contributed by atoms with Gasteiger partial charge in [-0.05, 0) is 39.0 Å². The molecule has 1 amide bonds. The number of carboxylic acids is 2. The number of hydrogen-bond donors (Lipinski definition) is 3. The maximum Gasteiger partial charge on any atom is 0.326 e. The van der Waals surface area contributed by atoms with E-state index in [0.29, 0.717) is 58.7 Å². The molecule has 1 atom stereocenters. The van der Waals surface area contributed by atoms with Gasteiger partial charge in [0.05, 0.1) is 26.4 Å². The Bertz CT molecular complexity index is 942. The highest BCUT2D eigenvalue weighted by Gasteiger charge is 2.20. The van der Waals surface area contributed by atoms with Crippen molar-refractivity contribution in [2.75, 3.05) is 52.9 Å². The van der Waals surface area contributed by atoms with Crippen LogP contribution >= 0.6 is 0 Å². The first-order valence-corrected chi connectivity index (χ1v) is 19.2. The molecular weight excluding hydrogens is 662 g/mol. The van der Waals surface area contributed by atoms with Crippen LogP contribution in [-0.4, -0.2) is 104 Å². The zero-order valence-corrected chi connectivity index (χ0v) is 31.3. The molecule has 0 aliphatic carbocycles. The maximum absolute atomic E-state index is 12.3. The van der Waals surface area contributed by atoms with Gasteiger partial charge in [-0.3, -0.25) is 24.0 Å². The minimum absolute atomic E-state index is 0.00513. The lowest BCUT2D eigenvalue weighted by Crippen LogP contribution is -2.41. The third kappa shape index (κ3) is 36.8. The number of amides is 1. The Balaban J connectivity index is 3.66. The number of carboxylic acid groups (broad SMARTS) is 2. The minimum Gasteiger partial charge on any atom is -0.481 e. The fourth-order valence-electron chi connectivity index (χ4n) is 5.29. The largest absolute Gasteiger partial charge is 0.481 e. The van der Waals surface area contributed by atoms with Crippen LogP contribution in [0.4, 0.5) is 0 Å². The fraction of sp³-hybridized carbons (Fsp3) is 0.842. The highest BCUT2D eigenvalue weighted by atomic mass is 16.5. The van der Waals surface area contributed by atoms with Crippen LogP contribution in [0.25, 0.3) is 0 Å². The van der Waals surface area contributed by atoms with E-state index >= 15 is 0 Å². The van der Waals surface area contributed by atoms with E-state index in [1.807, 2.05) is 0 Å². The summed E-state index contributed by atoms with van der Waals surface area (Å²) in [6, 6.07) is -1.08. The molecule has 13 nitrogen and oxygen atoms in total. The van der Waals surface area contributed by atoms with Gasteiger partial charge in [0.2, 0.25) is 5.91 Å². The lowest BCUT2D eigenvalue weighted by Gasteiger charge is -2.14. The zero-order valence-electron chi connectivity index (χ0n) is 31.3. The van der Waals surface area contributed by atoms with E-state index in [9.17, 15) is 33.9 Å². The molecule has 0 aliphatic heterocycles. The maximum atomic E-state index is 12.3. The van der Waals surface area contributed by atoms with Gasteiger partial charge < -0.3 is 34.5 Å². The molecule has 0 radical (unpaired) electrons. The van der Waals surface area contributed by atoms with E-state index < -0.39 is 18.0 Å². The second-order valence-electron chi connectivity index (χ2n) is 13.2. The number of nitrogens with one attached hydrogen (secondary N) is 1. The number of hydrogen-bond acceptors (Lipinski definition) is 10. The second-order valence-corrected chi connectivity index (χ2v) is 13.2. The summed E-state index contributed by atoms with van der Waals surface area (Å²) in [7, 11) is 0. The van der Waals surface area contributed by atoms with Gasteiger partial charge in [-0.15, -0.1) is 0 Å². The van der Waals surface area contributed by atoms with Crippen molar-refractivity contribution in [3.63, 3.8) is 0 Å². The van der Waals surface area contributed by atoms with Gasteiger partial charge in [0, 0.05) is 45.3 Å². The third-order valence-corrected chi connectivity index (χ3v) is 8.19. The van der Waals surface area contributed by atoms with Crippen LogP contribution < -0.4 is 5.32 Å². The van der Waals surface area contributed by atoms with Crippen LogP contribution in [0.1, 0.15) is 148 Å². The fourth-order valence-corrected chi connectivity index (χ4v) is 5.29. The van der Waals surface area contributed by atoms with Gasteiger partial charge in [-0.25, -0.2) is 4.79 Å². The molecule has 0 heterocycles. The summed E-state index contributed by atoms with van der Waals surface area (Å²) < 4.78 is 21.2. The molecule has 0 bridgehead atoms. The van der Waals surface area contributed by atoms with Gasteiger partial charge in [0.25, 0.3) is 0 Å².